The first kappa shape index (κ1) is 8.28. The second-order valence-electron chi connectivity index (χ2n) is 1.30. The molecule has 0 bridgehead atoms. The van der Waals surface area contributed by atoms with Crippen LogP contribution >= 0.6 is 23.2 Å². The lowest BCUT2D eigenvalue weighted by atomic mass is 10.4. The molecule has 0 heterocycles. The molecule has 1 nitrogen and oxygen atoms in total. The highest BCUT2D eigenvalue weighted by atomic mass is 35.5. The number of allylic oxidation sites excluding steroid dienone is 1. The van der Waals surface area contributed by atoms with Crippen molar-refractivity contribution in [3.63, 3.8) is 0 Å². The van der Waals surface area contributed by atoms with Gasteiger partial charge in [-0.15, -0.1) is 11.6 Å². The van der Waals surface area contributed by atoms with E-state index in [1.54, 1.807) is 6.08 Å². The number of aliphatic hydroxyl groups is 1. The Hall–Kier alpha value is 0.280. The minimum Gasteiger partial charge on any atom is -0.396 e. The zero-order chi connectivity index (χ0) is 6.41. The lowest BCUT2D eigenvalue weighted by Gasteiger charge is -1.87. The molecule has 0 rings (SSSR count). The van der Waals surface area contributed by atoms with E-state index < -0.39 is 0 Å². The van der Waals surface area contributed by atoms with Gasteiger partial charge in [-0.1, -0.05) is 17.7 Å². The van der Waals surface area contributed by atoms with Crippen molar-refractivity contribution in [3.8, 4) is 0 Å². The second kappa shape index (κ2) is 5.42. The minimum atomic E-state index is 0.132. The van der Waals surface area contributed by atoms with Crippen LogP contribution in [0.1, 0.15) is 6.42 Å². The van der Waals surface area contributed by atoms with E-state index in [1.165, 1.54) is 0 Å². The average Bonchev–Trinajstić information content (AvgIpc) is 1.83. The van der Waals surface area contributed by atoms with E-state index in [1.807, 2.05) is 0 Å². The van der Waals surface area contributed by atoms with Gasteiger partial charge in [0, 0.05) is 11.6 Å². The van der Waals surface area contributed by atoms with Gasteiger partial charge < -0.3 is 5.11 Å². The second-order valence-corrected chi connectivity index (χ2v) is 2.05. The predicted octanol–water partition coefficient (Wildman–Crippen LogP) is 1.73. The Morgan fingerprint density at radius 1 is 1.62 bits per heavy atom. The molecule has 0 aliphatic carbocycles. The van der Waals surface area contributed by atoms with Gasteiger partial charge >= 0.3 is 0 Å². The predicted molar refractivity (Wildman–Crippen MR) is 36.4 cm³/mol. The minimum absolute atomic E-state index is 0.132. The largest absolute Gasteiger partial charge is 0.396 e. The number of rotatable bonds is 3. The summed E-state index contributed by atoms with van der Waals surface area (Å²) in [4.78, 5) is 0. The third-order valence-electron chi connectivity index (χ3n) is 0.623. The number of halogens is 2. The van der Waals surface area contributed by atoms with Crippen molar-refractivity contribution in [3.05, 3.63) is 11.1 Å². The van der Waals surface area contributed by atoms with Gasteiger partial charge in [-0.25, -0.2) is 0 Å². The van der Waals surface area contributed by atoms with Crippen molar-refractivity contribution >= 4 is 23.2 Å². The van der Waals surface area contributed by atoms with Crippen molar-refractivity contribution in [2.75, 3.05) is 12.5 Å². The molecule has 0 amide bonds. The highest BCUT2D eigenvalue weighted by Gasteiger charge is 1.84. The van der Waals surface area contributed by atoms with E-state index in [2.05, 4.69) is 0 Å². The van der Waals surface area contributed by atoms with Gasteiger partial charge in [0.25, 0.3) is 0 Å². The smallest absolute Gasteiger partial charge is 0.0578 e. The number of alkyl halides is 1. The van der Waals surface area contributed by atoms with Crippen LogP contribution < -0.4 is 0 Å². The summed E-state index contributed by atoms with van der Waals surface area (Å²) in [7, 11) is 0. The van der Waals surface area contributed by atoms with Crippen molar-refractivity contribution in [2.45, 2.75) is 6.42 Å². The number of aliphatic hydroxyl groups excluding tert-OH is 1. The van der Waals surface area contributed by atoms with Gasteiger partial charge in [0.05, 0.1) is 5.88 Å². The molecule has 1 N–H and O–H groups in total. The summed E-state index contributed by atoms with van der Waals surface area (Å²) in [6.45, 7) is 0.132. The molecule has 48 valence electrons. The van der Waals surface area contributed by atoms with Crippen LogP contribution in [0, 0.1) is 0 Å². The number of hydrogen-bond acceptors (Lipinski definition) is 1. The number of hydrogen-bond donors (Lipinski definition) is 1. The topological polar surface area (TPSA) is 20.2 Å². The van der Waals surface area contributed by atoms with Gasteiger partial charge in [0.2, 0.25) is 0 Å². The zero-order valence-corrected chi connectivity index (χ0v) is 5.91. The van der Waals surface area contributed by atoms with E-state index in [0.717, 1.165) is 0 Å². The third-order valence-corrected chi connectivity index (χ3v) is 1.34. The Bertz CT molecular complexity index is 80.5. The fourth-order valence-corrected chi connectivity index (χ4v) is 0.494. The third kappa shape index (κ3) is 4.44. The van der Waals surface area contributed by atoms with Crippen LogP contribution in [0.15, 0.2) is 11.1 Å². The summed E-state index contributed by atoms with van der Waals surface area (Å²) >= 11 is 10.8. The SMILES string of the molecule is OCC/C=C(/Cl)CCl. The molecule has 0 unspecified atom stereocenters. The molecule has 0 radical (unpaired) electrons. The molecule has 0 aliphatic heterocycles. The maximum atomic E-state index is 8.26. The van der Waals surface area contributed by atoms with Crippen LogP contribution in [0.5, 0.6) is 0 Å². The van der Waals surface area contributed by atoms with Crippen LogP contribution in [0.2, 0.25) is 0 Å². The fraction of sp³-hybridized carbons (Fsp3) is 0.600. The Kier molecular flexibility index (Phi) is 5.61. The Morgan fingerprint density at radius 2 is 2.25 bits per heavy atom. The zero-order valence-electron chi connectivity index (χ0n) is 4.40. The molecule has 0 aromatic rings. The summed E-state index contributed by atoms with van der Waals surface area (Å²) in [5.74, 6) is 0.335. The van der Waals surface area contributed by atoms with Crippen LogP contribution in [-0.4, -0.2) is 17.6 Å². The molecule has 0 aromatic carbocycles. The molecular weight excluding hydrogens is 147 g/mol. The van der Waals surface area contributed by atoms with Crippen molar-refractivity contribution < 1.29 is 5.11 Å². The van der Waals surface area contributed by atoms with Gasteiger partial charge in [-0.05, 0) is 6.42 Å². The van der Waals surface area contributed by atoms with Gasteiger partial charge in [-0.2, -0.15) is 0 Å². The monoisotopic (exact) mass is 154 g/mol. The Labute approximate surface area is 58.9 Å². The highest BCUT2D eigenvalue weighted by molar-refractivity contribution is 6.35. The van der Waals surface area contributed by atoms with Gasteiger partial charge in [0.15, 0.2) is 0 Å². The maximum absolute atomic E-state index is 8.26. The Balaban J connectivity index is 3.26. The van der Waals surface area contributed by atoms with Crippen molar-refractivity contribution in [2.24, 2.45) is 0 Å². The molecule has 0 spiro atoms. The summed E-state index contributed by atoms with van der Waals surface area (Å²) < 4.78 is 0. The molecule has 0 atom stereocenters. The molecule has 8 heavy (non-hydrogen) atoms. The lowest BCUT2D eigenvalue weighted by molar-refractivity contribution is 0.302. The highest BCUT2D eigenvalue weighted by Crippen LogP contribution is 2.03. The van der Waals surface area contributed by atoms with Crippen LogP contribution in [-0.2, 0) is 0 Å². The van der Waals surface area contributed by atoms with Crippen LogP contribution in [0.25, 0.3) is 0 Å². The average molecular weight is 155 g/mol. The first-order chi connectivity index (χ1) is 3.81. The summed E-state index contributed by atoms with van der Waals surface area (Å²) in [5, 5.41) is 8.86. The summed E-state index contributed by atoms with van der Waals surface area (Å²) in [6, 6.07) is 0. The normalized spacial score (nSPS) is 12.1. The van der Waals surface area contributed by atoms with Crippen molar-refractivity contribution in [1.29, 1.82) is 0 Å². The van der Waals surface area contributed by atoms with E-state index in [9.17, 15) is 0 Å². The molecule has 0 aromatic heterocycles. The van der Waals surface area contributed by atoms with E-state index in [-0.39, 0.29) is 6.61 Å². The van der Waals surface area contributed by atoms with Crippen molar-refractivity contribution in [1.82, 2.24) is 0 Å². The molecule has 0 aliphatic rings. The van der Waals surface area contributed by atoms with E-state index in [0.29, 0.717) is 17.3 Å². The molecular formula is C5H8Cl2O. The van der Waals surface area contributed by atoms with Crippen LogP contribution in [0.4, 0.5) is 0 Å². The molecule has 0 fully saturated rings. The fourth-order valence-electron chi connectivity index (χ4n) is 0.276. The lowest BCUT2D eigenvalue weighted by Crippen LogP contribution is -1.78. The first-order valence-electron chi connectivity index (χ1n) is 2.32. The summed E-state index contributed by atoms with van der Waals surface area (Å²) in [5.41, 5.74) is 0. The first-order valence-corrected chi connectivity index (χ1v) is 3.24. The van der Waals surface area contributed by atoms with E-state index in [4.69, 9.17) is 28.3 Å². The quantitative estimate of drug-likeness (QED) is 0.615. The standard InChI is InChI=1S/C5H8Cl2O/c6-4-5(7)2-1-3-8/h2,8H,1,3-4H2/b5-2+. The molecule has 0 saturated heterocycles. The van der Waals surface area contributed by atoms with Crippen LogP contribution in [0.3, 0.4) is 0 Å². The summed E-state index contributed by atoms with van der Waals surface area (Å²) in [6.07, 6.45) is 2.29. The van der Waals surface area contributed by atoms with Gasteiger partial charge in [0.1, 0.15) is 0 Å². The maximum Gasteiger partial charge on any atom is 0.0578 e. The molecule has 0 saturated carbocycles. The van der Waals surface area contributed by atoms with Gasteiger partial charge in [-0.3, -0.25) is 0 Å². The van der Waals surface area contributed by atoms with E-state index >= 15 is 0 Å². The Morgan fingerprint density at radius 3 is 2.62 bits per heavy atom. The molecule has 3 heteroatoms.